The predicted octanol–water partition coefficient (Wildman–Crippen LogP) is 4.87. The Bertz CT molecular complexity index is 854. The standard InChI is InChI=1S/C19H21N3OS2/c1-13-5-8-17(23-2)14(10-13)12-25-19-21-20-18(22(19)15-6-7-15)11-16-4-3-9-24-16/h3-5,8-10,15H,6-7,11-12H2,1-2H3. The minimum atomic E-state index is 0.576. The monoisotopic (exact) mass is 371 g/mol. The van der Waals surface area contributed by atoms with Crippen molar-refractivity contribution in [2.24, 2.45) is 0 Å². The van der Waals surface area contributed by atoms with E-state index in [0.717, 1.165) is 28.9 Å². The maximum Gasteiger partial charge on any atom is 0.191 e. The lowest BCUT2D eigenvalue weighted by Crippen LogP contribution is -2.03. The van der Waals surface area contributed by atoms with Crippen molar-refractivity contribution in [3.8, 4) is 5.75 Å². The second-order valence-corrected chi connectivity index (χ2v) is 8.33. The van der Waals surface area contributed by atoms with Gasteiger partial charge in [-0.15, -0.1) is 21.5 Å². The molecule has 0 unspecified atom stereocenters. The predicted molar refractivity (Wildman–Crippen MR) is 103 cm³/mol. The summed E-state index contributed by atoms with van der Waals surface area (Å²) in [6, 6.07) is 11.2. The Labute approximate surface area is 156 Å². The molecule has 130 valence electrons. The highest BCUT2D eigenvalue weighted by Gasteiger charge is 2.29. The van der Waals surface area contributed by atoms with Crippen LogP contribution in [0.1, 0.15) is 40.7 Å². The molecule has 4 rings (SSSR count). The third-order valence-electron chi connectivity index (χ3n) is 4.35. The van der Waals surface area contributed by atoms with Crippen molar-refractivity contribution >= 4 is 23.1 Å². The fourth-order valence-electron chi connectivity index (χ4n) is 2.96. The van der Waals surface area contributed by atoms with Gasteiger partial charge in [0.25, 0.3) is 0 Å². The SMILES string of the molecule is COc1ccc(C)cc1CSc1nnc(Cc2cccs2)n1C1CC1. The molecule has 0 aliphatic heterocycles. The molecule has 0 spiro atoms. The number of methoxy groups -OCH3 is 1. The van der Waals surface area contributed by atoms with E-state index >= 15 is 0 Å². The summed E-state index contributed by atoms with van der Waals surface area (Å²) in [4.78, 5) is 1.34. The summed E-state index contributed by atoms with van der Waals surface area (Å²) < 4.78 is 7.85. The summed E-state index contributed by atoms with van der Waals surface area (Å²) in [5.41, 5.74) is 2.45. The normalized spacial score (nSPS) is 14.0. The second kappa shape index (κ2) is 7.22. The van der Waals surface area contributed by atoms with Crippen molar-refractivity contribution in [1.29, 1.82) is 0 Å². The van der Waals surface area contributed by atoms with Gasteiger partial charge in [-0.25, -0.2) is 0 Å². The van der Waals surface area contributed by atoms with Crippen LogP contribution in [0.2, 0.25) is 0 Å². The van der Waals surface area contributed by atoms with Gasteiger partial charge in [0.15, 0.2) is 5.16 Å². The number of hydrogen-bond donors (Lipinski definition) is 0. The van der Waals surface area contributed by atoms with E-state index in [1.165, 1.54) is 28.8 Å². The number of rotatable bonds is 7. The van der Waals surface area contributed by atoms with E-state index in [1.54, 1.807) is 30.2 Å². The van der Waals surface area contributed by atoms with E-state index < -0.39 is 0 Å². The fraction of sp³-hybridized carbons (Fsp3) is 0.368. The molecule has 1 aliphatic rings. The number of thioether (sulfide) groups is 1. The average Bonchev–Trinajstić information content (AvgIpc) is 3.17. The Kier molecular flexibility index (Phi) is 4.81. The summed E-state index contributed by atoms with van der Waals surface area (Å²) >= 11 is 3.53. The quantitative estimate of drug-likeness (QED) is 0.555. The maximum absolute atomic E-state index is 5.50. The van der Waals surface area contributed by atoms with Gasteiger partial charge in [0.2, 0.25) is 0 Å². The van der Waals surface area contributed by atoms with Gasteiger partial charge in [0.1, 0.15) is 11.6 Å². The van der Waals surface area contributed by atoms with Crippen molar-refractivity contribution in [3.05, 3.63) is 57.5 Å². The first-order valence-corrected chi connectivity index (χ1v) is 10.3. The molecular weight excluding hydrogens is 350 g/mol. The maximum atomic E-state index is 5.50. The van der Waals surface area contributed by atoms with Crippen LogP contribution in [0.3, 0.4) is 0 Å². The van der Waals surface area contributed by atoms with Gasteiger partial charge in [0.05, 0.1) is 7.11 Å². The second-order valence-electron chi connectivity index (χ2n) is 6.36. The molecule has 2 heterocycles. The molecule has 4 nitrogen and oxygen atoms in total. The van der Waals surface area contributed by atoms with Crippen molar-refractivity contribution < 1.29 is 4.74 Å². The number of benzene rings is 1. The molecule has 0 atom stereocenters. The molecule has 1 aromatic carbocycles. The highest BCUT2D eigenvalue weighted by Crippen LogP contribution is 2.40. The van der Waals surface area contributed by atoms with Gasteiger partial charge in [-0.2, -0.15) is 0 Å². The van der Waals surface area contributed by atoms with Gasteiger partial charge in [0, 0.05) is 28.7 Å². The van der Waals surface area contributed by atoms with Gasteiger partial charge in [-0.3, -0.25) is 0 Å². The van der Waals surface area contributed by atoms with E-state index in [2.05, 4.69) is 51.3 Å². The zero-order valence-electron chi connectivity index (χ0n) is 14.4. The van der Waals surface area contributed by atoms with Crippen LogP contribution in [0.4, 0.5) is 0 Å². The smallest absolute Gasteiger partial charge is 0.191 e. The van der Waals surface area contributed by atoms with Gasteiger partial charge in [-0.05, 0) is 37.3 Å². The zero-order chi connectivity index (χ0) is 17.2. The Morgan fingerprint density at radius 3 is 2.88 bits per heavy atom. The molecule has 0 N–H and O–H groups in total. The van der Waals surface area contributed by atoms with Crippen molar-refractivity contribution in [3.63, 3.8) is 0 Å². The van der Waals surface area contributed by atoms with E-state index in [0.29, 0.717) is 6.04 Å². The minimum Gasteiger partial charge on any atom is -0.496 e. The Balaban J connectivity index is 1.55. The molecule has 1 fully saturated rings. The lowest BCUT2D eigenvalue weighted by atomic mass is 10.1. The van der Waals surface area contributed by atoms with Crippen LogP contribution >= 0.6 is 23.1 Å². The number of ether oxygens (including phenoxy) is 1. The topological polar surface area (TPSA) is 39.9 Å². The molecule has 0 radical (unpaired) electrons. The lowest BCUT2D eigenvalue weighted by molar-refractivity contribution is 0.411. The van der Waals surface area contributed by atoms with E-state index in [-0.39, 0.29) is 0 Å². The Hall–Kier alpha value is -1.79. The van der Waals surface area contributed by atoms with Crippen LogP contribution in [0.25, 0.3) is 0 Å². The first-order valence-electron chi connectivity index (χ1n) is 8.47. The highest BCUT2D eigenvalue weighted by atomic mass is 32.2. The number of thiophene rings is 1. The summed E-state index contributed by atoms with van der Waals surface area (Å²) in [6.07, 6.45) is 3.34. The van der Waals surface area contributed by atoms with Gasteiger partial charge >= 0.3 is 0 Å². The molecule has 6 heteroatoms. The van der Waals surface area contributed by atoms with Crippen LogP contribution in [0, 0.1) is 6.92 Å². The largest absolute Gasteiger partial charge is 0.496 e. The minimum absolute atomic E-state index is 0.576. The van der Waals surface area contributed by atoms with E-state index in [4.69, 9.17) is 4.74 Å². The van der Waals surface area contributed by atoms with Gasteiger partial charge in [-0.1, -0.05) is 35.5 Å². The molecule has 0 amide bonds. The van der Waals surface area contributed by atoms with Crippen LogP contribution in [0.15, 0.2) is 40.9 Å². The van der Waals surface area contributed by atoms with Gasteiger partial charge < -0.3 is 9.30 Å². The molecule has 0 bridgehead atoms. The molecule has 1 saturated carbocycles. The van der Waals surface area contributed by atoms with Crippen LogP contribution in [-0.4, -0.2) is 21.9 Å². The number of aryl methyl sites for hydroxylation is 1. The highest BCUT2D eigenvalue weighted by molar-refractivity contribution is 7.98. The van der Waals surface area contributed by atoms with Crippen LogP contribution in [-0.2, 0) is 12.2 Å². The van der Waals surface area contributed by atoms with E-state index in [9.17, 15) is 0 Å². The first kappa shape index (κ1) is 16.7. The number of nitrogens with zero attached hydrogens (tertiary/aromatic N) is 3. The third-order valence-corrected chi connectivity index (χ3v) is 6.22. The van der Waals surface area contributed by atoms with Crippen molar-refractivity contribution in [2.45, 2.75) is 43.1 Å². The average molecular weight is 372 g/mol. The van der Waals surface area contributed by atoms with E-state index in [1.807, 2.05) is 6.07 Å². The Morgan fingerprint density at radius 1 is 1.28 bits per heavy atom. The number of hydrogen-bond acceptors (Lipinski definition) is 5. The first-order chi connectivity index (χ1) is 12.2. The van der Waals surface area contributed by atoms with Crippen LogP contribution in [0.5, 0.6) is 5.75 Å². The Morgan fingerprint density at radius 2 is 2.16 bits per heavy atom. The molecule has 1 aliphatic carbocycles. The summed E-state index contributed by atoms with van der Waals surface area (Å²) in [5, 5.41) is 12.1. The fourth-order valence-corrected chi connectivity index (χ4v) is 4.66. The summed E-state index contributed by atoms with van der Waals surface area (Å²) in [7, 11) is 1.73. The molecular formula is C19H21N3OS2. The molecule has 25 heavy (non-hydrogen) atoms. The van der Waals surface area contributed by atoms with Crippen molar-refractivity contribution in [1.82, 2.24) is 14.8 Å². The lowest BCUT2D eigenvalue weighted by Gasteiger charge is -2.11. The summed E-state index contributed by atoms with van der Waals surface area (Å²) in [5.74, 6) is 2.87. The number of aromatic nitrogens is 3. The third kappa shape index (κ3) is 3.75. The van der Waals surface area contributed by atoms with Crippen LogP contribution < -0.4 is 4.74 Å². The molecule has 2 aromatic heterocycles. The molecule has 3 aromatic rings. The summed E-state index contributed by atoms with van der Waals surface area (Å²) in [6.45, 7) is 2.11. The van der Waals surface area contributed by atoms with Crippen molar-refractivity contribution in [2.75, 3.05) is 7.11 Å². The zero-order valence-corrected chi connectivity index (χ0v) is 16.1. The molecule has 0 saturated heterocycles.